The first kappa shape index (κ1) is 16.2. The first-order chi connectivity index (χ1) is 13.0. The van der Waals surface area contributed by atoms with Gasteiger partial charge in [-0.25, -0.2) is 15.0 Å². The fourth-order valence-electron chi connectivity index (χ4n) is 3.14. The average molecular weight is 379 g/mol. The predicted molar refractivity (Wildman–Crippen MR) is 105 cm³/mol. The van der Waals surface area contributed by atoms with Gasteiger partial charge >= 0.3 is 0 Å². The Balaban J connectivity index is 1.54. The van der Waals surface area contributed by atoms with Crippen molar-refractivity contribution >= 4 is 50.1 Å². The van der Waals surface area contributed by atoms with Crippen LogP contribution in [0, 0.1) is 6.92 Å². The van der Waals surface area contributed by atoms with E-state index in [1.165, 1.54) is 6.33 Å². The molecule has 2 N–H and O–H groups in total. The molecule has 0 aliphatic heterocycles. The van der Waals surface area contributed by atoms with Gasteiger partial charge < -0.3 is 15.1 Å². The molecular formula is C19H17N5O2S. The highest BCUT2D eigenvalue weighted by molar-refractivity contribution is 7.16. The summed E-state index contributed by atoms with van der Waals surface area (Å²) in [5, 5.41) is 7.00. The van der Waals surface area contributed by atoms with E-state index in [2.05, 4.69) is 32.5 Å². The van der Waals surface area contributed by atoms with Crippen LogP contribution in [-0.2, 0) is 0 Å². The number of carbonyl (C=O) groups is 1. The molecule has 0 saturated heterocycles. The van der Waals surface area contributed by atoms with Crippen molar-refractivity contribution in [2.75, 3.05) is 10.6 Å². The van der Waals surface area contributed by atoms with Crippen LogP contribution in [0.3, 0.4) is 0 Å². The number of rotatable bonds is 4. The number of aromatic nitrogens is 3. The number of carbonyl (C=O) groups excluding carboxylic acids is 1. The number of amides is 1. The van der Waals surface area contributed by atoms with Crippen molar-refractivity contribution in [2.24, 2.45) is 0 Å². The summed E-state index contributed by atoms with van der Waals surface area (Å²) in [6, 6.07) is 5.69. The van der Waals surface area contributed by atoms with Crippen molar-refractivity contribution in [3.05, 3.63) is 41.4 Å². The van der Waals surface area contributed by atoms with Gasteiger partial charge in [0.15, 0.2) is 0 Å². The summed E-state index contributed by atoms with van der Waals surface area (Å²) in [5.41, 5.74) is 4.23. The fraction of sp³-hybridized carbons (Fsp3) is 0.263. The minimum Gasteiger partial charge on any atom is -0.442 e. The van der Waals surface area contributed by atoms with Gasteiger partial charge in [-0.1, -0.05) is 0 Å². The van der Waals surface area contributed by atoms with E-state index in [1.54, 1.807) is 23.8 Å². The molecule has 1 aliphatic carbocycles. The smallest absolute Gasteiger partial charge is 0.260 e. The molecule has 7 nitrogen and oxygen atoms in total. The highest BCUT2D eigenvalue weighted by Gasteiger charge is 2.38. The third kappa shape index (κ3) is 2.82. The van der Waals surface area contributed by atoms with Gasteiger partial charge in [-0.2, -0.15) is 0 Å². The highest BCUT2D eigenvalue weighted by Crippen LogP contribution is 2.40. The zero-order valence-electron chi connectivity index (χ0n) is 14.9. The van der Waals surface area contributed by atoms with Crippen molar-refractivity contribution in [2.45, 2.75) is 32.2 Å². The van der Waals surface area contributed by atoms with Crippen molar-refractivity contribution < 1.29 is 9.21 Å². The predicted octanol–water partition coefficient (Wildman–Crippen LogP) is 4.36. The Kier molecular flexibility index (Phi) is 3.45. The number of benzene rings is 1. The molecule has 4 aromatic rings. The minimum atomic E-state index is -0.250. The average Bonchev–Trinajstić information content (AvgIpc) is 3.05. The second-order valence-electron chi connectivity index (χ2n) is 7.11. The van der Waals surface area contributed by atoms with Crippen LogP contribution < -0.4 is 10.6 Å². The lowest BCUT2D eigenvalue weighted by Gasteiger charge is -2.13. The molecule has 1 aromatic carbocycles. The maximum Gasteiger partial charge on any atom is 0.260 e. The summed E-state index contributed by atoms with van der Waals surface area (Å²) in [5.74, 6) is 0.901. The molecule has 0 spiro atoms. The third-order valence-electron chi connectivity index (χ3n) is 4.90. The zero-order chi connectivity index (χ0) is 18.6. The summed E-state index contributed by atoms with van der Waals surface area (Å²) < 4.78 is 6.81. The number of nitrogens with one attached hydrogen (secondary N) is 2. The van der Waals surface area contributed by atoms with Gasteiger partial charge in [-0.05, 0) is 44.9 Å². The Labute approximate surface area is 158 Å². The van der Waals surface area contributed by atoms with E-state index in [4.69, 9.17) is 4.42 Å². The van der Waals surface area contributed by atoms with Gasteiger partial charge in [0.05, 0.1) is 26.7 Å². The van der Waals surface area contributed by atoms with Crippen LogP contribution in [0.15, 0.2) is 34.5 Å². The molecule has 1 saturated carbocycles. The maximum absolute atomic E-state index is 13.0. The minimum absolute atomic E-state index is 0.0237. The Morgan fingerprint density at radius 3 is 2.93 bits per heavy atom. The molecule has 0 unspecified atom stereocenters. The van der Waals surface area contributed by atoms with E-state index in [0.717, 1.165) is 23.1 Å². The van der Waals surface area contributed by atoms with E-state index in [9.17, 15) is 4.79 Å². The molecule has 3 heterocycles. The molecule has 136 valence electrons. The summed E-state index contributed by atoms with van der Waals surface area (Å²) in [4.78, 5) is 25.9. The first-order valence-electron chi connectivity index (χ1n) is 8.69. The van der Waals surface area contributed by atoms with Crippen LogP contribution in [0.4, 0.5) is 11.5 Å². The molecule has 1 amide bonds. The zero-order valence-corrected chi connectivity index (χ0v) is 15.7. The summed E-state index contributed by atoms with van der Waals surface area (Å²) >= 11 is 1.57. The quantitative estimate of drug-likeness (QED) is 0.547. The van der Waals surface area contributed by atoms with Gasteiger partial charge in [0, 0.05) is 11.2 Å². The Morgan fingerprint density at radius 1 is 1.26 bits per heavy atom. The number of hydrogen-bond acceptors (Lipinski definition) is 7. The number of aryl methyl sites for hydroxylation is 1. The lowest BCUT2D eigenvalue weighted by molar-refractivity contribution is 0.102. The standard InChI is InChI=1S/C19H17N5O2S/c1-10-14(17(25)23-11-3-4-13-12(7-11)22-9-27-13)15-16(24-19(2)5-6-19)20-8-21-18(15)26-10/h3-4,7-9H,5-6H2,1-2H3,(H,23,25)(H,20,21,24). The van der Waals surface area contributed by atoms with Crippen LogP contribution >= 0.6 is 11.3 Å². The second kappa shape index (κ2) is 5.75. The van der Waals surface area contributed by atoms with E-state index in [0.29, 0.717) is 33.9 Å². The summed E-state index contributed by atoms with van der Waals surface area (Å²) in [6.07, 6.45) is 3.60. The number of anilines is 2. The monoisotopic (exact) mass is 379 g/mol. The van der Waals surface area contributed by atoms with E-state index >= 15 is 0 Å². The van der Waals surface area contributed by atoms with E-state index in [1.807, 2.05) is 18.2 Å². The third-order valence-corrected chi connectivity index (χ3v) is 5.71. The van der Waals surface area contributed by atoms with Gasteiger partial charge in [-0.15, -0.1) is 11.3 Å². The van der Waals surface area contributed by atoms with Crippen LogP contribution in [0.25, 0.3) is 21.3 Å². The molecule has 0 atom stereocenters. The van der Waals surface area contributed by atoms with Gasteiger partial charge in [0.25, 0.3) is 5.91 Å². The van der Waals surface area contributed by atoms with Crippen molar-refractivity contribution in [1.29, 1.82) is 0 Å². The molecule has 0 bridgehead atoms. The number of nitrogens with zero attached hydrogens (tertiary/aromatic N) is 3. The topological polar surface area (TPSA) is 92.9 Å². The molecule has 0 radical (unpaired) electrons. The number of thiazole rings is 1. The fourth-order valence-corrected chi connectivity index (χ4v) is 3.80. The van der Waals surface area contributed by atoms with Gasteiger partial charge in [-0.3, -0.25) is 4.79 Å². The first-order valence-corrected chi connectivity index (χ1v) is 9.57. The summed E-state index contributed by atoms with van der Waals surface area (Å²) in [6.45, 7) is 3.90. The molecule has 5 rings (SSSR count). The van der Waals surface area contributed by atoms with Crippen LogP contribution in [0.1, 0.15) is 35.9 Å². The number of fused-ring (bicyclic) bond motifs is 2. The molecule has 1 aliphatic rings. The lowest BCUT2D eigenvalue weighted by atomic mass is 10.1. The molecule has 27 heavy (non-hydrogen) atoms. The SMILES string of the molecule is Cc1oc2ncnc(NC3(C)CC3)c2c1C(=O)Nc1ccc2scnc2c1. The molecule has 8 heteroatoms. The van der Waals surface area contributed by atoms with Gasteiger partial charge in [0.2, 0.25) is 5.71 Å². The van der Waals surface area contributed by atoms with Crippen LogP contribution in [-0.4, -0.2) is 26.4 Å². The van der Waals surface area contributed by atoms with Crippen molar-refractivity contribution in [1.82, 2.24) is 15.0 Å². The Hall–Kier alpha value is -3.00. The number of furan rings is 1. The Bertz CT molecular complexity index is 1190. The van der Waals surface area contributed by atoms with E-state index < -0.39 is 0 Å². The summed E-state index contributed by atoms with van der Waals surface area (Å²) in [7, 11) is 0. The lowest BCUT2D eigenvalue weighted by Crippen LogP contribution is -2.18. The van der Waals surface area contributed by atoms with Crippen molar-refractivity contribution in [3.63, 3.8) is 0 Å². The molecule has 3 aromatic heterocycles. The molecular weight excluding hydrogens is 362 g/mol. The van der Waals surface area contributed by atoms with Gasteiger partial charge in [0.1, 0.15) is 17.9 Å². The maximum atomic E-state index is 13.0. The van der Waals surface area contributed by atoms with E-state index in [-0.39, 0.29) is 11.4 Å². The second-order valence-corrected chi connectivity index (χ2v) is 8.00. The normalized spacial score (nSPS) is 15.2. The van der Waals surface area contributed by atoms with Crippen LogP contribution in [0.5, 0.6) is 0 Å². The molecule has 1 fully saturated rings. The highest BCUT2D eigenvalue weighted by atomic mass is 32.1. The largest absolute Gasteiger partial charge is 0.442 e. The number of hydrogen-bond donors (Lipinski definition) is 2. The van der Waals surface area contributed by atoms with Crippen molar-refractivity contribution in [3.8, 4) is 0 Å². The Morgan fingerprint density at radius 2 is 2.11 bits per heavy atom. The van der Waals surface area contributed by atoms with Crippen LogP contribution in [0.2, 0.25) is 0 Å².